The fourth-order valence-corrected chi connectivity index (χ4v) is 7.42. The predicted molar refractivity (Wildman–Crippen MR) is 218 cm³/mol. The van der Waals surface area contributed by atoms with Gasteiger partial charge in [-0.3, -0.25) is 4.57 Å². The summed E-state index contributed by atoms with van der Waals surface area (Å²) in [5.74, 6) is 3.04. The van der Waals surface area contributed by atoms with E-state index in [0.29, 0.717) is 5.90 Å². The quantitative estimate of drug-likeness (QED) is 0.174. The van der Waals surface area contributed by atoms with Crippen LogP contribution >= 0.6 is 0 Å². The number of benzene rings is 5. The minimum absolute atomic E-state index is 0.0135. The molecule has 0 spiro atoms. The lowest BCUT2D eigenvalue weighted by molar-refractivity contribution is 0.197. The third-order valence-electron chi connectivity index (χ3n) is 10.5. The smallest absolute Gasteiger partial charge is 0.217 e. The minimum atomic E-state index is -0.229. The molecule has 2 aromatic heterocycles. The maximum Gasteiger partial charge on any atom is 0.217 e. The summed E-state index contributed by atoms with van der Waals surface area (Å²) >= 11 is 0. The molecule has 0 saturated carbocycles. The highest BCUT2D eigenvalue weighted by molar-refractivity contribution is 6.10. The number of nitrogens with zero attached hydrogens (tertiary/aromatic N) is 3. The van der Waals surface area contributed by atoms with Crippen LogP contribution in [0, 0.1) is 13.8 Å². The number of aromatic nitrogens is 2. The Hall–Kier alpha value is -5.68. The van der Waals surface area contributed by atoms with Gasteiger partial charge in [-0.05, 0) is 101 Å². The number of aryl methyl sites for hydroxylation is 2. The number of pyridine rings is 1. The van der Waals surface area contributed by atoms with Crippen LogP contribution in [-0.2, 0) is 15.6 Å². The molecule has 5 aromatic carbocycles. The maximum absolute atomic E-state index is 6.79. The fourth-order valence-electron chi connectivity index (χ4n) is 7.42. The van der Waals surface area contributed by atoms with Crippen LogP contribution in [0.25, 0.3) is 27.6 Å². The van der Waals surface area contributed by atoms with Crippen LogP contribution in [0.15, 0.2) is 133 Å². The van der Waals surface area contributed by atoms with Gasteiger partial charge in [0.05, 0.1) is 11.0 Å². The van der Waals surface area contributed by atoms with Gasteiger partial charge in [-0.15, -0.1) is 0 Å². The lowest BCUT2D eigenvalue weighted by atomic mass is 9.86. The van der Waals surface area contributed by atoms with Crippen LogP contribution in [0.5, 0.6) is 11.5 Å². The number of rotatable bonds is 6. The molecule has 0 bridgehead atoms. The molecule has 1 aliphatic rings. The Morgan fingerprint density at radius 1 is 0.623 bits per heavy atom. The minimum Gasteiger partial charge on any atom is -0.467 e. The molecule has 1 aliphatic heterocycles. The highest BCUT2D eigenvalue weighted by atomic mass is 16.5. The van der Waals surface area contributed by atoms with E-state index in [1.165, 1.54) is 16.5 Å². The molecule has 0 amide bonds. The maximum atomic E-state index is 6.79. The van der Waals surface area contributed by atoms with E-state index in [0.717, 1.165) is 61.6 Å². The Morgan fingerprint density at radius 2 is 1.30 bits per heavy atom. The Kier molecular flexibility index (Phi) is 8.48. The Balaban J connectivity index is 1.22. The van der Waals surface area contributed by atoms with Gasteiger partial charge in [0.25, 0.3) is 0 Å². The summed E-state index contributed by atoms with van der Waals surface area (Å²) in [7, 11) is 0. The molecule has 7 aromatic rings. The molecular weight excluding hydrogens is 651 g/mol. The first kappa shape index (κ1) is 34.4. The third kappa shape index (κ3) is 6.50. The van der Waals surface area contributed by atoms with Crippen molar-refractivity contribution in [1.82, 2.24) is 9.55 Å². The Bertz CT molecular complexity index is 2500. The van der Waals surface area contributed by atoms with Crippen LogP contribution in [-0.4, -0.2) is 15.4 Å². The molecule has 0 aliphatic carbocycles. The van der Waals surface area contributed by atoms with Crippen molar-refractivity contribution in [1.29, 1.82) is 0 Å². The van der Waals surface area contributed by atoms with Gasteiger partial charge in [-0.2, -0.15) is 0 Å². The molecule has 5 heteroatoms. The number of fused-ring (bicyclic) bond motifs is 3. The van der Waals surface area contributed by atoms with E-state index in [1.807, 2.05) is 18.3 Å². The third-order valence-corrected chi connectivity index (χ3v) is 10.5. The average molecular weight is 698 g/mol. The molecular formula is C48H47N3O2. The summed E-state index contributed by atoms with van der Waals surface area (Å²) in [5, 5.41) is 2.36. The first-order chi connectivity index (χ1) is 25.3. The van der Waals surface area contributed by atoms with Gasteiger partial charge in [0.2, 0.25) is 5.90 Å². The standard InChI is InChI=1S/C48H47N3O2/c1-30-25-31(2)42(29-38(30)46-50-44(32-15-11-9-12-16-32)45(53-46)33-17-13-10-14-18-33)52-36-20-21-37-39-26-34(47(3,4)5)19-22-40(39)51(41(37)28-36)43-27-35(23-24-49-43)48(6,7)8/h9-29,44-45H,1-8H3/t44-,45+/m1/s1. The zero-order chi connectivity index (χ0) is 37.1. The van der Waals surface area contributed by atoms with Crippen molar-refractivity contribution in [2.75, 3.05) is 0 Å². The highest BCUT2D eigenvalue weighted by Gasteiger charge is 2.35. The van der Waals surface area contributed by atoms with E-state index in [4.69, 9.17) is 19.5 Å². The van der Waals surface area contributed by atoms with Gasteiger partial charge < -0.3 is 9.47 Å². The summed E-state index contributed by atoms with van der Waals surface area (Å²) in [5.41, 5.74) is 9.99. The first-order valence-corrected chi connectivity index (χ1v) is 18.5. The van der Waals surface area contributed by atoms with Crippen molar-refractivity contribution < 1.29 is 9.47 Å². The molecule has 0 saturated heterocycles. The first-order valence-electron chi connectivity index (χ1n) is 18.5. The summed E-state index contributed by atoms with van der Waals surface area (Å²) in [6.07, 6.45) is 1.69. The molecule has 0 radical (unpaired) electrons. The highest BCUT2D eigenvalue weighted by Crippen LogP contribution is 2.43. The summed E-state index contributed by atoms with van der Waals surface area (Å²) in [6, 6.07) is 42.4. The SMILES string of the molecule is Cc1cc(C)c(C2=N[C@H](c3ccccc3)[C@H](c3ccccc3)O2)cc1Oc1ccc2c3cc(C(C)(C)C)ccc3n(-c3cc(C(C)(C)C)ccn3)c2c1. The molecule has 8 rings (SSSR count). The average Bonchev–Trinajstić information content (AvgIpc) is 3.72. The lowest BCUT2D eigenvalue weighted by Crippen LogP contribution is -2.12. The van der Waals surface area contributed by atoms with Gasteiger partial charge in [0.15, 0.2) is 6.10 Å². The molecule has 53 heavy (non-hydrogen) atoms. The Labute approximate surface area is 313 Å². The normalized spacial score (nSPS) is 16.2. The summed E-state index contributed by atoms with van der Waals surface area (Å²) < 4.78 is 15.8. The molecule has 0 fully saturated rings. The van der Waals surface area contributed by atoms with Crippen molar-refractivity contribution in [3.63, 3.8) is 0 Å². The molecule has 3 heterocycles. The topological polar surface area (TPSA) is 48.6 Å². The van der Waals surface area contributed by atoms with Gasteiger partial charge in [0, 0.05) is 28.6 Å². The zero-order valence-corrected chi connectivity index (χ0v) is 31.9. The van der Waals surface area contributed by atoms with Crippen LogP contribution in [0.1, 0.15) is 92.6 Å². The molecule has 2 atom stereocenters. The molecule has 266 valence electrons. The Morgan fingerprint density at radius 3 is 2.00 bits per heavy atom. The monoisotopic (exact) mass is 697 g/mol. The van der Waals surface area contributed by atoms with Gasteiger partial charge in [0.1, 0.15) is 23.4 Å². The molecule has 0 N–H and O–H groups in total. The number of aliphatic imine (C=N–C) groups is 1. The van der Waals surface area contributed by atoms with Crippen molar-refractivity contribution in [2.24, 2.45) is 4.99 Å². The van der Waals surface area contributed by atoms with E-state index in [9.17, 15) is 0 Å². The van der Waals surface area contributed by atoms with Crippen molar-refractivity contribution >= 4 is 27.7 Å². The van der Waals surface area contributed by atoms with Crippen molar-refractivity contribution in [3.05, 3.63) is 166 Å². The number of hydrogen-bond donors (Lipinski definition) is 0. The largest absolute Gasteiger partial charge is 0.467 e. The second-order valence-electron chi connectivity index (χ2n) is 16.4. The van der Waals surface area contributed by atoms with Crippen molar-refractivity contribution in [2.45, 2.75) is 78.4 Å². The fraction of sp³-hybridized carbons (Fsp3) is 0.250. The van der Waals surface area contributed by atoms with Crippen molar-refractivity contribution in [3.8, 4) is 17.3 Å². The number of ether oxygens (including phenoxy) is 2. The van der Waals surface area contributed by atoms with E-state index in [2.05, 4.69) is 169 Å². The number of hydrogen-bond acceptors (Lipinski definition) is 4. The van der Waals surface area contributed by atoms with Crippen LogP contribution in [0.2, 0.25) is 0 Å². The van der Waals surface area contributed by atoms with E-state index in [1.54, 1.807) is 0 Å². The van der Waals surface area contributed by atoms with E-state index < -0.39 is 0 Å². The zero-order valence-electron chi connectivity index (χ0n) is 31.9. The van der Waals surface area contributed by atoms with Gasteiger partial charge >= 0.3 is 0 Å². The summed E-state index contributed by atoms with van der Waals surface area (Å²) in [4.78, 5) is 10.1. The lowest BCUT2D eigenvalue weighted by Gasteiger charge is -2.20. The van der Waals surface area contributed by atoms with Gasteiger partial charge in [-0.1, -0.05) is 114 Å². The van der Waals surface area contributed by atoms with E-state index in [-0.39, 0.29) is 23.0 Å². The van der Waals surface area contributed by atoms with Crippen LogP contribution < -0.4 is 4.74 Å². The molecule has 0 unspecified atom stereocenters. The second kappa shape index (κ2) is 13.1. The second-order valence-corrected chi connectivity index (χ2v) is 16.4. The van der Waals surface area contributed by atoms with Crippen LogP contribution in [0.4, 0.5) is 0 Å². The van der Waals surface area contributed by atoms with Crippen LogP contribution in [0.3, 0.4) is 0 Å². The summed E-state index contributed by atoms with van der Waals surface area (Å²) in [6.45, 7) is 17.7. The predicted octanol–water partition coefficient (Wildman–Crippen LogP) is 12.4. The van der Waals surface area contributed by atoms with E-state index >= 15 is 0 Å². The van der Waals surface area contributed by atoms with Gasteiger partial charge in [-0.25, -0.2) is 9.98 Å². The molecule has 5 nitrogen and oxygen atoms in total.